The first-order valence-corrected chi connectivity index (χ1v) is 7.61. The van der Waals surface area contributed by atoms with Crippen LogP contribution in [0.4, 0.5) is 0 Å². The molecule has 0 aliphatic heterocycles. The van der Waals surface area contributed by atoms with E-state index >= 15 is 0 Å². The van der Waals surface area contributed by atoms with Crippen LogP contribution in [0, 0.1) is 5.92 Å². The number of aromatic amines is 1. The van der Waals surface area contributed by atoms with Gasteiger partial charge in [-0.05, 0) is 36.5 Å². The first-order chi connectivity index (χ1) is 9.24. The Morgan fingerprint density at radius 3 is 3.00 bits per heavy atom. The van der Waals surface area contributed by atoms with Gasteiger partial charge in [0.15, 0.2) is 0 Å². The molecule has 2 unspecified atom stereocenters. The number of benzene rings is 1. The molecule has 0 amide bonds. The molecule has 1 aliphatic rings. The molecule has 1 saturated carbocycles. The monoisotopic (exact) mass is 276 g/mol. The smallest absolute Gasteiger partial charge is 0.0472 e. The lowest BCUT2D eigenvalue weighted by Crippen LogP contribution is -2.36. The van der Waals surface area contributed by atoms with Gasteiger partial charge in [0.1, 0.15) is 0 Å². The minimum absolute atomic E-state index is 0.672. The normalized spacial score (nSPS) is 23.9. The van der Waals surface area contributed by atoms with E-state index in [0.29, 0.717) is 6.04 Å². The summed E-state index contributed by atoms with van der Waals surface area (Å²) >= 11 is 6.01. The molecule has 0 saturated heterocycles. The number of halogens is 1. The van der Waals surface area contributed by atoms with Crippen LogP contribution in [0.1, 0.15) is 38.2 Å². The minimum Gasteiger partial charge on any atom is -0.361 e. The van der Waals surface area contributed by atoms with E-state index in [1.165, 1.54) is 36.6 Å². The van der Waals surface area contributed by atoms with E-state index in [1.54, 1.807) is 0 Å². The van der Waals surface area contributed by atoms with E-state index < -0.39 is 0 Å². The number of aromatic nitrogens is 1. The summed E-state index contributed by atoms with van der Waals surface area (Å²) in [4.78, 5) is 3.30. The molecule has 1 heterocycles. The van der Waals surface area contributed by atoms with Crippen molar-refractivity contribution in [1.82, 2.24) is 10.3 Å². The Morgan fingerprint density at radius 1 is 1.32 bits per heavy atom. The summed E-state index contributed by atoms with van der Waals surface area (Å²) in [5, 5.41) is 5.79. The van der Waals surface area contributed by atoms with Crippen molar-refractivity contribution >= 4 is 22.5 Å². The Hall–Kier alpha value is -0.990. The Bertz CT molecular complexity index is 561. The van der Waals surface area contributed by atoms with Gasteiger partial charge in [0.25, 0.3) is 0 Å². The molecule has 0 spiro atoms. The SMILES string of the molecule is CC1CCCCC1NCc1c[nH]c2cc(Cl)ccc12. The van der Waals surface area contributed by atoms with Gasteiger partial charge in [-0.1, -0.05) is 37.4 Å². The predicted molar refractivity (Wildman–Crippen MR) is 81.6 cm³/mol. The maximum Gasteiger partial charge on any atom is 0.0472 e. The summed E-state index contributed by atoms with van der Waals surface area (Å²) in [6.45, 7) is 3.31. The maximum atomic E-state index is 6.01. The van der Waals surface area contributed by atoms with Crippen LogP contribution in [0.15, 0.2) is 24.4 Å². The highest BCUT2D eigenvalue weighted by Crippen LogP contribution is 2.25. The Balaban J connectivity index is 1.71. The zero-order chi connectivity index (χ0) is 13.2. The third-order valence-corrected chi connectivity index (χ3v) is 4.63. The van der Waals surface area contributed by atoms with Gasteiger partial charge in [-0.2, -0.15) is 0 Å². The average molecular weight is 277 g/mol. The van der Waals surface area contributed by atoms with E-state index in [-0.39, 0.29) is 0 Å². The van der Waals surface area contributed by atoms with Gasteiger partial charge in [-0.25, -0.2) is 0 Å². The lowest BCUT2D eigenvalue weighted by molar-refractivity contribution is 0.279. The lowest BCUT2D eigenvalue weighted by atomic mass is 9.86. The zero-order valence-corrected chi connectivity index (χ0v) is 12.1. The van der Waals surface area contributed by atoms with Gasteiger partial charge in [0, 0.05) is 34.7 Å². The van der Waals surface area contributed by atoms with Crippen LogP contribution in [-0.2, 0) is 6.54 Å². The predicted octanol–water partition coefficient (Wildman–Crippen LogP) is 4.49. The number of H-pyrrole nitrogens is 1. The number of hydrogen-bond donors (Lipinski definition) is 2. The summed E-state index contributed by atoms with van der Waals surface area (Å²) in [6.07, 6.45) is 7.54. The van der Waals surface area contributed by atoms with Crippen molar-refractivity contribution in [3.63, 3.8) is 0 Å². The fraction of sp³-hybridized carbons (Fsp3) is 0.500. The maximum absolute atomic E-state index is 6.01. The average Bonchev–Trinajstić information content (AvgIpc) is 2.80. The molecule has 1 aromatic carbocycles. The van der Waals surface area contributed by atoms with Crippen LogP contribution in [0.25, 0.3) is 10.9 Å². The Morgan fingerprint density at radius 2 is 2.16 bits per heavy atom. The second-order valence-electron chi connectivity index (χ2n) is 5.75. The summed E-state index contributed by atoms with van der Waals surface area (Å²) in [5.74, 6) is 0.799. The first kappa shape index (κ1) is 13.0. The summed E-state index contributed by atoms with van der Waals surface area (Å²) in [5.41, 5.74) is 2.46. The van der Waals surface area contributed by atoms with Crippen LogP contribution >= 0.6 is 11.6 Å². The highest BCUT2D eigenvalue weighted by molar-refractivity contribution is 6.31. The van der Waals surface area contributed by atoms with Gasteiger partial charge in [0.2, 0.25) is 0 Å². The number of fused-ring (bicyclic) bond motifs is 1. The van der Waals surface area contributed by atoms with Crippen LogP contribution in [0.3, 0.4) is 0 Å². The van der Waals surface area contributed by atoms with E-state index in [9.17, 15) is 0 Å². The molecule has 19 heavy (non-hydrogen) atoms. The topological polar surface area (TPSA) is 27.8 Å². The zero-order valence-electron chi connectivity index (χ0n) is 11.4. The van der Waals surface area contributed by atoms with E-state index in [2.05, 4.69) is 29.5 Å². The molecular formula is C16H21ClN2. The van der Waals surface area contributed by atoms with Crippen LogP contribution in [-0.4, -0.2) is 11.0 Å². The number of rotatable bonds is 3. The molecule has 2 nitrogen and oxygen atoms in total. The van der Waals surface area contributed by atoms with Gasteiger partial charge < -0.3 is 10.3 Å². The van der Waals surface area contributed by atoms with Crippen LogP contribution in [0.2, 0.25) is 5.02 Å². The highest BCUT2D eigenvalue weighted by atomic mass is 35.5. The van der Waals surface area contributed by atoms with Crippen molar-refractivity contribution in [2.24, 2.45) is 5.92 Å². The molecule has 2 N–H and O–H groups in total. The van der Waals surface area contributed by atoms with Crippen molar-refractivity contribution in [2.45, 2.75) is 45.2 Å². The summed E-state index contributed by atoms with van der Waals surface area (Å²) in [7, 11) is 0. The van der Waals surface area contributed by atoms with E-state index in [1.807, 2.05) is 12.1 Å². The van der Waals surface area contributed by atoms with Crippen molar-refractivity contribution in [3.05, 3.63) is 35.0 Å². The molecule has 2 atom stereocenters. The van der Waals surface area contributed by atoms with Crippen molar-refractivity contribution < 1.29 is 0 Å². The van der Waals surface area contributed by atoms with Gasteiger partial charge in [-0.3, -0.25) is 0 Å². The third-order valence-electron chi connectivity index (χ3n) is 4.40. The molecule has 1 fully saturated rings. The second kappa shape index (κ2) is 5.56. The lowest BCUT2D eigenvalue weighted by Gasteiger charge is -2.29. The summed E-state index contributed by atoms with van der Waals surface area (Å²) < 4.78 is 0. The van der Waals surface area contributed by atoms with E-state index in [4.69, 9.17) is 11.6 Å². The molecule has 3 rings (SSSR count). The van der Waals surface area contributed by atoms with Gasteiger partial charge >= 0.3 is 0 Å². The molecule has 2 aromatic rings. The molecule has 3 heteroatoms. The van der Waals surface area contributed by atoms with Gasteiger partial charge in [-0.15, -0.1) is 0 Å². The van der Waals surface area contributed by atoms with Gasteiger partial charge in [0.05, 0.1) is 0 Å². The van der Waals surface area contributed by atoms with Crippen LogP contribution < -0.4 is 5.32 Å². The minimum atomic E-state index is 0.672. The molecule has 0 bridgehead atoms. The van der Waals surface area contributed by atoms with E-state index in [0.717, 1.165) is 23.0 Å². The molecule has 1 aliphatic carbocycles. The Kier molecular flexibility index (Phi) is 3.81. The second-order valence-corrected chi connectivity index (χ2v) is 6.19. The molecular weight excluding hydrogens is 256 g/mol. The number of nitrogens with one attached hydrogen (secondary N) is 2. The molecule has 0 radical (unpaired) electrons. The molecule has 102 valence electrons. The number of hydrogen-bond acceptors (Lipinski definition) is 1. The fourth-order valence-corrected chi connectivity index (χ4v) is 3.34. The molecule has 1 aromatic heterocycles. The quantitative estimate of drug-likeness (QED) is 0.849. The van der Waals surface area contributed by atoms with Crippen molar-refractivity contribution in [2.75, 3.05) is 0 Å². The Labute approximate surface area is 119 Å². The van der Waals surface area contributed by atoms with Crippen molar-refractivity contribution in [3.8, 4) is 0 Å². The van der Waals surface area contributed by atoms with Crippen molar-refractivity contribution in [1.29, 1.82) is 0 Å². The van der Waals surface area contributed by atoms with Crippen LogP contribution in [0.5, 0.6) is 0 Å². The fourth-order valence-electron chi connectivity index (χ4n) is 3.17. The first-order valence-electron chi connectivity index (χ1n) is 7.23. The summed E-state index contributed by atoms with van der Waals surface area (Å²) in [6, 6.07) is 6.73. The third kappa shape index (κ3) is 2.80. The standard InChI is InChI=1S/C16H21ClN2/c1-11-4-2-3-5-15(11)18-9-12-10-19-16-8-13(17)6-7-14(12)16/h6-8,10-11,15,18-19H,2-5,9H2,1H3. The largest absolute Gasteiger partial charge is 0.361 e. The highest BCUT2D eigenvalue weighted by Gasteiger charge is 2.20.